The van der Waals surface area contributed by atoms with Crippen molar-refractivity contribution in [1.82, 2.24) is 4.90 Å². The van der Waals surface area contributed by atoms with Gasteiger partial charge in [0.05, 0.1) is 29.0 Å². The van der Waals surface area contributed by atoms with Crippen molar-refractivity contribution in [1.29, 1.82) is 0 Å². The highest BCUT2D eigenvalue weighted by atomic mass is 32.2. The fraction of sp³-hybridized carbons (Fsp3) is 0.105. The normalized spacial score (nSPS) is 15.2. The Morgan fingerprint density at radius 2 is 1.93 bits per heavy atom. The summed E-state index contributed by atoms with van der Waals surface area (Å²) in [7, 11) is 1.29. The van der Waals surface area contributed by atoms with E-state index in [-0.39, 0.29) is 17.1 Å². The van der Waals surface area contributed by atoms with Crippen LogP contribution in [0.25, 0.3) is 6.08 Å². The molecule has 1 fully saturated rings. The van der Waals surface area contributed by atoms with Crippen LogP contribution in [0, 0.1) is 10.1 Å². The lowest BCUT2D eigenvalue weighted by atomic mass is 10.1. The van der Waals surface area contributed by atoms with Crippen LogP contribution in [0.4, 0.5) is 10.5 Å². The highest BCUT2D eigenvalue weighted by molar-refractivity contribution is 8.18. The lowest BCUT2D eigenvalue weighted by molar-refractivity contribution is -0.384. The molecule has 1 aliphatic heterocycles. The standard InChI is InChI=1S/C19H14N2O6S/c1-27-18(23)14-7-5-12(6-8-14)10-16-17(22)20(19(24)28-16)11-13-3-2-4-15(9-13)21(25)26/h2-10H,11H2,1H3. The average molecular weight is 398 g/mol. The second kappa shape index (κ2) is 8.05. The van der Waals surface area contributed by atoms with E-state index >= 15 is 0 Å². The molecule has 1 saturated heterocycles. The van der Waals surface area contributed by atoms with Crippen LogP contribution in [-0.4, -0.2) is 34.0 Å². The molecule has 0 saturated carbocycles. The Hall–Kier alpha value is -3.46. The van der Waals surface area contributed by atoms with E-state index in [2.05, 4.69) is 4.74 Å². The molecule has 2 amide bonds. The van der Waals surface area contributed by atoms with Gasteiger partial charge in [-0.3, -0.25) is 24.6 Å². The van der Waals surface area contributed by atoms with E-state index in [1.807, 2.05) is 0 Å². The van der Waals surface area contributed by atoms with E-state index in [1.54, 1.807) is 36.4 Å². The van der Waals surface area contributed by atoms with Gasteiger partial charge in [-0.05, 0) is 41.1 Å². The van der Waals surface area contributed by atoms with Gasteiger partial charge < -0.3 is 4.74 Å². The fourth-order valence-electron chi connectivity index (χ4n) is 2.57. The molecule has 8 nitrogen and oxygen atoms in total. The summed E-state index contributed by atoms with van der Waals surface area (Å²) in [6.45, 7) is -0.0506. The molecule has 1 heterocycles. The van der Waals surface area contributed by atoms with Gasteiger partial charge in [0.25, 0.3) is 16.8 Å². The molecule has 0 radical (unpaired) electrons. The number of methoxy groups -OCH3 is 1. The molecule has 3 rings (SSSR count). The number of hydrogen-bond acceptors (Lipinski definition) is 7. The Balaban J connectivity index is 1.78. The minimum Gasteiger partial charge on any atom is -0.465 e. The van der Waals surface area contributed by atoms with E-state index in [0.29, 0.717) is 16.7 Å². The molecule has 0 aromatic heterocycles. The first-order valence-corrected chi connectivity index (χ1v) is 8.88. The number of ether oxygens (including phenoxy) is 1. The van der Waals surface area contributed by atoms with Gasteiger partial charge >= 0.3 is 5.97 Å². The van der Waals surface area contributed by atoms with Crippen LogP contribution in [-0.2, 0) is 16.1 Å². The highest BCUT2D eigenvalue weighted by Crippen LogP contribution is 2.33. The molecule has 0 atom stereocenters. The van der Waals surface area contributed by atoms with Crippen LogP contribution >= 0.6 is 11.8 Å². The van der Waals surface area contributed by atoms with Crippen molar-refractivity contribution < 1.29 is 24.0 Å². The van der Waals surface area contributed by atoms with Gasteiger partial charge in [-0.25, -0.2) is 4.79 Å². The second-order valence-electron chi connectivity index (χ2n) is 5.81. The maximum atomic E-state index is 12.6. The summed E-state index contributed by atoms with van der Waals surface area (Å²) < 4.78 is 4.63. The molecule has 1 aliphatic rings. The molecule has 0 spiro atoms. The molecular weight excluding hydrogens is 384 g/mol. The summed E-state index contributed by atoms with van der Waals surface area (Å²) in [6.07, 6.45) is 1.55. The zero-order valence-electron chi connectivity index (χ0n) is 14.7. The lowest BCUT2D eigenvalue weighted by Gasteiger charge is -2.12. The van der Waals surface area contributed by atoms with Gasteiger partial charge in [-0.2, -0.15) is 0 Å². The van der Waals surface area contributed by atoms with Crippen molar-refractivity contribution in [2.45, 2.75) is 6.54 Å². The first-order valence-electron chi connectivity index (χ1n) is 8.06. The van der Waals surface area contributed by atoms with Crippen molar-refractivity contribution in [3.05, 3.63) is 80.2 Å². The van der Waals surface area contributed by atoms with Crippen molar-refractivity contribution in [3.8, 4) is 0 Å². The molecule has 28 heavy (non-hydrogen) atoms. The van der Waals surface area contributed by atoms with Crippen LogP contribution in [0.3, 0.4) is 0 Å². The van der Waals surface area contributed by atoms with Crippen LogP contribution < -0.4 is 0 Å². The summed E-state index contributed by atoms with van der Waals surface area (Å²) >= 11 is 0.794. The second-order valence-corrected chi connectivity index (χ2v) is 6.80. The van der Waals surface area contributed by atoms with Gasteiger partial charge in [-0.1, -0.05) is 24.3 Å². The zero-order valence-corrected chi connectivity index (χ0v) is 15.5. The smallest absolute Gasteiger partial charge is 0.337 e. The van der Waals surface area contributed by atoms with E-state index in [0.717, 1.165) is 16.7 Å². The third-order valence-electron chi connectivity index (χ3n) is 3.97. The number of amides is 2. The van der Waals surface area contributed by atoms with Crippen LogP contribution in [0.5, 0.6) is 0 Å². The molecule has 0 N–H and O–H groups in total. The molecule has 2 aromatic rings. The van der Waals surface area contributed by atoms with Crippen LogP contribution in [0.15, 0.2) is 53.4 Å². The Morgan fingerprint density at radius 1 is 1.21 bits per heavy atom. The number of benzene rings is 2. The number of rotatable bonds is 5. The minimum absolute atomic E-state index is 0.0506. The Labute approximate surface area is 163 Å². The van der Waals surface area contributed by atoms with Crippen LogP contribution in [0.1, 0.15) is 21.5 Å². The quantitative estimate of drug-likeness (QED) is 0.328. The van der Waals surface area contributed by atoms with Crippen molar-refractivity contribution in [2.75, 3.05) is 7.11 Å². The predicted octanol–water partition coefficient (Wildman–Crippen LogP) is 3.62. The number of imide groups is 1. The first kappa shape index (κ1) is 19.3. The summed E-state index contributed by atoms with van der Waals surface area (Å²) in [6, 6.07) is 12.2. The lowest BCUT2D eigenvalue weighted by Crippen LogP contribution is -2.27. The van der Waals surface area contributed by atoms with Gasteiger partial charge in [-0.15, -0.1) is 0 Å². The van der Waals surface area contributed by atoms with E-state index in [9.17, 15) is 24.5 Å². The Morgan fingerprint density at radius 3 is 2.57 bits per heavy atom. The summed E-state index contributed by atoms with van der Waals surface area (Å²) in [5, 5.41) is 10.4. The number of carbonyl (C=O) groups is 3. The van der Waals surface area contributed by atoms with Crippen molar-refractivity contribution >= 4 is 40.6 Å². The van der Waals surface area contributed by atoms with Gasteiger partial charge in [0.15, 0.2) is 0 Å². The summed E-state index contributed by atoms with van der Waals surface area (Å²) in [5.74, 6) is -0.942. The number of hydrogen-bond donors (Lipinski definition) is 0. The number of carbonyl (C=O) groups excluding carboxylic acids is 3. The maximum absolute atomic E-state index is 12.6. The number of nitro benzene ring substituents is 1. The first-order chi connectivity index (χ1) is 13.4. The van der Waals surface area contributed by atoms with Crippen LogP contribution in [0.2, 0.25) is 0 Å². The SMILES string of the molecule is COC(=O)c1ccc(C=C2SC(=O)N(Cc3cccc([N+](=O)[O-])c3)C2=O)cc1. The third-order valence-corrected chi connectivity index (χ3v) is 4.87. The average Bonchev–Trinajstić information content (AvgIpc) is 2.95. The number of non-ortho nitro benzene ring substituents is 1. The van der Waals surface area contributed by atoms with Gasteiger partial charge in [0.1, 0.15) is 0 Å². The molecule has 142 valence electrons. The minimum atomic E-state index is -0.533. The summed E-state index contributed by atoms with van der Waals surface area (Å²) in [5.41, 5.74) is 1.40. The Kier molecular flexibility index (Phi) is 5.55. The molecule has 2 aromatic carbocycles. The highest BCUT2D eigenvalue weighted by Gasteiger charge is 2.35. The zero-order chi connectivity index (χ0) is 20.3. The molecule has 9 heteroatoms. The van der Waals surface area contributed by atoms with E-state index in [4.69, 9.17) is 0 Å². The topological polar surface area (TPSA) is 107 Å². The predicted molar refractivity (Wildman–Crippen MR) is 102 cm³/mol. The molecule has 0 unspecified atom stereocenters. The van der Waals surface area contributed by atoms with E-state index in [1.165, 1.54) is 25.3 Å². The summed E-state index contributed by atoms with van der Waals surface area (Å²) in [4.78, 5) is 47.9. The Bertz CT molecular complexity index is 1000. The van der Waals surface area contributed by atoms with E-state index < -0.39 is 22.0 Å². The number of nitrogens with zero attached hydrogens (tertiary/aromatic N) is 2. The number of nitro groups is 1. The third kappa shape index (κ3) is 4.09. The number of thioether (sulfide) groups is 1. The van der Waals surface area contributed by atoms with Crippen molar-refractivity contribution in [2.24, 2.45) is 0 Å². The largest absolute Gasteiger partial charge is 0.465 e. The van der Waals surface area contributed by atoms with Gasteiger partial charge in [0.2, 0.25) is 0 Å². The van der Waals surface area contributed by atoms with Gasteiger partial charge in [0, 0.05) is 12.1 Å². The molecule has 0 bridgehead atoms. The fourth-order valence-corrected chi connectivity index (χ4v) is 3.41. The monoisotopic (exact) mass is 398 g/mol. The molecular formula is C19H14N2O6S. The number of esters is 1. The molecule has 0 aliphatic carbocycles. The maximum Gasteiger partial charge on any atom is 0.337 e. The van der Waals surface area contributed by atoms with Crippen molar-refractivity contribution in [3.63, 3.8) is 0 Å².